The molecule has 0 unspecified atom stereocenters. The van der Waals surface area contributed by atoms with E-state index >= 15 is 0 Å². The molecule has 0 aliphatic heterocycles. The van der Waals surface area contributed by atoms with Gasteiger partial charge in [-0.2, -0.15) is 0 Å². The molecule has 0 saturated carbocycles. The van der Waals surface area contributed by atoms with Gasteiger partial charge in [-0.1, -0.05) is 13.8 Å². The number of carbonyl (C=O) groups excluding carboxylic acids is 1. The third-order valence-electron chi connectivity index (χ3n) is 3.20. The minimum absolute atomic E-state index is 0.119. The van der Waals surface area contributed by atoms with Gasteiger partial charge < -0.3 is 10.6 Å². The summed E-state index contributed by atoms with van der Waals surface area (Å²) in [6.07, 6.45) is 0. The van der Waals surface area contributed by atoms with E-state index in [0.29, 0.717) is 5.92 Å². The molecule has 2 rings (SSSR count). The molecule has 1 heterocycles. The van der Waals surface area contributed by atoms with Crippen molar-refractivity contribution < 1.29 is 4.79 Å². The molecule has 20 heavy (non-hydrogen) atoms. The van der Waals surface area contributed by atoms with Crippen molar-refractivity contribution in [3.8, 4) is 0 Å². The Kier molecular flexibility index (Phi) is 4.33. The number of thiophene rings is 1. The molecule has 1 amide bonds. The Balaban J connectivity index is 2.33. The van der Waals surface area contributed by atoms with Crippen LogP contribution in [0, 0.1) is 5.92 Å². The van der Waals surface area contributed by atoms with Crippen molar-refractivity contribution >= 4 is 33.0 Å². The van der Waals surface area contributed by atoms with Crippen molar-refractivity contribution in [3.63, 3.8) is 0 Å². The summed E-state index contributed by atoms with van der Waals surface area (Å²) in [6.45, 7) is 9.17. The molecule has 0 spiro atoms. The maximum atomic E-state index is 12.7. The molecule has 0 saturated heterocycles. The van der Waals surface area contributed by atoms with E-state index in [4.69, 9.17) is 5.73 Å². The first-order valence-electron chi connectivity index (χ1n) is 6.98. The number of amides is 1. The van der Waals surface area contributed by atoms with E-state index in [0.717, 1.165) is 27.2 Å². The third-order valence-corrected chi connectivity index (χ3v) is 4.30. The number of rotatable bonds is 4. The van der Waals surface area contributed by atoms with Crippen molar-refractivity contribution in [2.24, 2.45) is 5.92 Å². The number of hydrogen-bond acceptors (Lipinski definition) is 3. The second kappa shape index (κ2) is 5.83. The zero-order valence-electron chi connectivity index (χ0n) is 12.5. The lowest BCUT2D eigenvalue weighted by molar-refractivity contribution is 0.0687. The van der Waals surface area contributed by atoms with Crippen LogP contribution in [0.15, 0.2) is 24.3 Å². The molecular weight excluding hydrogens is 268 g/mol. The minimum atomic E-state index is 0.119. The number of fused-ring (bicyclic) bond motifs is 1. The predicted molar refractivity (Wildman–Crippen MR) is 87.2 cm³/mol. The van der Waals surface area contributed by atoms with E-state index in [9.17, 15) is 4.79 Å². The molecule has 108 valence electrons. The summed E-state index contributed by atoms with van der Waals surface area (Å²) in [7, 11) is 0. The van der Waals surface area contributed by atoms with Gasteiger partial charge >= 0.3 is 0 Å². The van der Waals surface area contributed by atoms with E-state index in [1.54, 1.807) is 11.3 Å². The molecule has 2 N–H and O–H groups in total. The maximum Gasteiger partial charge on any atom is 0.264 e. The van der Waals surface area contributed by atoms with Gasteiger partial charge in [-0.15, -0.1) is 11.3 Å². The Hall–Kier alpha value is -1.55. The fourth-order valence-electron chi connectivity index (χ4n) is 2.23. The Morgan fingerprint density at radius 1 is 1.25 bits per heavy atom. The summed E-state index contributed by atoms with van der Waals surface area (Å²) < 4.78 is 1.11. The van der Waals surface area contributed by atoms with Gasteiger partial charge in [-0.25, -0.2) is 0 Å². The smallest absolute Gasteiger partial charge is 0.264 e. The average Bonchev–Trinajstić information content (AvgIpc) is 2.77. The first-order chi connectivity index (χ1) is 9.38. The fraction of sp³-hybridized carbons (Fsp3) is 0.438. The average molecular weight is 290 g/mol. The van der Waals surface area contributed by atoms with Crippen molar-refractivity contribution in [1.29, 1.82) is 0 Å². The predicted octanol–water partition coefficient (Wildman–Crippen LogP) is 3.99. The summed E-state index contributed by atoms with van der Waals surface area (Å²) in [6, 6.07) is 7.94. The van der Waals surface area contributed by atoms with Gasteiger partial charge in [0.05, 0.1) is 4.88 Å². The maximum absolute atomic E-state index is 12.7. The van der Waals surface area contributed by atoms with Crippen molar-refractivity contribution in [2.75, 3.05) is 12.3 Å². The first-order valence-corrected chi connectivity index (χ1v) is 7.80. The summed E-state index contributed by atoms with van der Waals surface area (Å²) >= 11 is 1.54. The zero-order chi connectivity index (χ0) is 14.9. The second-order valence-corrected chi connectivity index (χ2v) is 6.94. The largest absolute Gasteiger partial charge is 0.399 e. The fourth-order valence-corrected chi connectivity index (χ4v) is 3.23. The quantitative estimate of drug-likeness (QED) is 0.865. The molecule has 0 bridgehead atoms. The zero-order valence-corrected chi connectivity index (χ0v) is 13.3. The summed E-state index contributed by atoms with van der Waals surface area (Å²) in [4.78, 5) is 15.4. The van der Waals surface area contributed by atoms with Crippen LogP contribution in [0.4, 0.5) is 5.69 Å². The molecule has 3 nitrogen and oxygen atoms in total. The van der Waals surface area contributed by atoms with Gasteiger partial charge in [0.15, 0.2) is 0 Å². The van der Waals surface area contributed by atoms with Crippen LogP contribution in [0.2, 0.25) is 0 Å². The van der Waals surface area contributed by atoms with E-state index in [2.05, 4.69) is 27.7 Å². The molecular formula is C16H22N2OS. The summed E-state index contributed by atoms with van der Waals surface area (Å²) in [5.74, 6) is 0.583. The molecule has 0 radical (unpaired) electrons. The summed E-state index contributed by atoms with van der Waals surface area (Å²) in [5, 5.41) is 1.05. The lowest BCUT2D eigenvalue weighted by atomic mass is 10.1. The van der Waals surface area contributed by atoms with Crippen LogP contribution in [-0.4, -0.2) is 23.4 Å². The highest BCUT2D eigenvalue weighted by Crippen LogP contribution is 2.28. The highest BCUT2D eigenvalue weighted by molar-refractivity contribution is 7.20. The highest BCUT2D eigenvalue weighted by atomic mass is 32.1. The molecule has 0 aliphatic carbocycles. The van der Waals surface area contributed by atoms with Crippen LogP contribution >= 0.6 is 11.3 Å². The second-order valence-electron chi connectivity index (χ2n) is 5.85. The third kappa shape index (κ3) is 3.12. The monoisotopic (exact) mass is 290 g/mol. The Bertz CT molecular complexity index is 616. The van der Waals surface area contributed by atoms with E-state index < -0.39 is 0 Å². The molecule has 2 aromatic rings. The van der Waals surface area contributed by atoms with Gasteiger partial charge in [-0.05, 0) is 49.4 Å². The van der Waals surface area contributed by atoms with Crippen molar-refractivity contribution in [1.82, 2.24) is 4.90 Å². The van der Waals surface area contributed by atoms with Gasteiger partial charge in [0.1, 0.15) is 0 Å². The number of anilines is 1. The number of hydrogen-bond donors (Lipinski definition) is 1. The van der Waals surface area contributed by atoms with Gasteiger partial charge in [0, 0.05) is 23.0 Å². The first kappa shape index (κ1) is 14.9. The van der Waals surface area contributed by atoms with Crippen molar-refractivity contribution in [3.05, 3.63) is 29.1 Å². The normalized spacial score (nSPS) is 11.5. The number of nitrogens with zero attached hydrogens (tertiary/aromatic N) is 1. The SMILES string of the molecule is CC(C)CN(C(=O)c1cc2cc(N)ccc2s1)C(C)C. The number of benzene rings is 1. The number of nitrogens with two attached hydrogens (primary N) is 1. The van der Waals surface area contributed by atoms with E-state index in [1.165, 1.54) is 0 Å². The van der Waals surface area contributed by atoms with Crippen LogP contribution in [0.3, 0.4) is 0 Å². The summed E-state index contributed by atoms with van der Waals surface area (Å²) in [5.41, 5.74) is 6.53. The van der Waals surface area contributed by atoms with Crippen LogP contribution in [0.25, 0.3) is 10.1 Å². The Morgan fingerprint density at radius 2 is 1.95 bits per heavy atom. The Labute approximate surface area is 124 Å². The van der Waals surface area contributed by atoms with Gasteiger partial charge in [0.2, 0.25) is 0 Å². The lowest BCUT2D eigenvalue weighted by Crippen LogP contribution is -2.39. The van der Waals surface area contributed by atoms with Crippen molar-refractivity contribution in [2.45, 2.75) is 33.7 Å². The lowest BCUT2D eigenvalue weighted by Gasteiger charge is -2.28. The topological polar surface area (TPSA) is 46.3 Å². The number of carbonyl (C=O) groups is 1. The van der Waals surface area contributed by atoms with Crippen LogP contribution < -0.4 is 5.73 Å². The molecule has 0 aliphatic rings. The minimum Gasteiger partial charge on any atom is -0.399 e. The molecule has 0 fully saturated rings. The molecule has 1 aromatic heterocycles. The van der Waals surface area contributed by atoms with Crippen LogP contribution in [0.5, 0.6) is 0 Å². The molecule has 1 aromatic carbocycles. The van der Waals surface area contributed by atoms with Crippen LogP contribution in [-0.2, 0) is 0 Å². The van der Waals surface area contributed by atoms with E-state index in [1.807, 2.05) is 29.2 Å². The molecule has 4 heteroatoms. The van der Waals surface area contributed by atoms with Crippen LogP contribution in [0.1, 0.15) is 37.4 Å². The standard InChI is InChI=1S/C16H22N2OS/c1-10(2)9-18(11(3)4)16(19)15-8-12-7-13(17)5-6-14(12)20-15/h5-8,10-11H,9,17H2,1-4H3. The number of nitrogen functional groups attached to an aromatic ring is 1. The molecule has 0 atom stereocenters. The van der Waals surface area contributed by atoms with Gasteiger partial charge in [-0.3, -0.25) is 4.79 Å². The highest BCUT2D eigenvalue weighted by Gasteiger charge is 2.21. The van der Waals surface area contributed by atoms with E-state index in [-0.39, 0.29) is 11.9 Å². The van der Waals surface area contributed by atoms with Gasteiger partial charge in [0.25, 0.3) is 5.91 Å². The Morgan fingerprint density at radius 3 is 2.55 bits per heavy atom.